The third-order valence-electron chi connectivity index (χ3n) is 5.36. The minimum atomic E-state index is -3.78. The number of nitrogens with one attached hydrogen (secondary N) is 1. The molecule has 0 aromatic rings. The third kappa shape index (κ3) is 5.49. The Hall–Kier alpha value is -0.485. The van der Waals surface area contributed by atoms with Gasteiger partial charge in [0, 0.05) is 24.2 Å². The zero-order valence-corrected chi connectivity index (χ0v) is 16.5. The first-order valence-electron chi connectivity index (χ1n) is 8.51. The molecule has 0 amide bonds. The molecule has 10 heteroatoms. The van der Waals surface area contributed by atoms with Crippen molar-refractivity contribution >= 4 is 17.3 Å². The van der Waals surface area contributed by atoms with Gasteiger partial charge in [0.1, 0.15) is 0 Å². The molecular weight excluding hydrogens is 343 g/mol. The maximum atomic E-state index is 12.8. The van der Waals surface area contributed by atoms with Gasteiger partial charge in [-0.3, -0.25) is 0 Å². The van der Waals surface area contributed by atoms with Crippen LogP contribution in [0.4, 0.5) is 0 Å². The van der Waals surface area contributed by atoms with E-state index in [1.807, 2.05) is 0 Å². The fourth-order valence-corrected chi connectivity index (χ4v) is 4.56. The zero-order valence-electron chi connectivity index (χ0n) is 15.7. The normalized spacial score (nSPS) is 26.0. The highest BCUT2D eigenvalue weighted by Crippen LogP contribution is 2.33. The minimum absolute atomic E-state index is 0.124. The standard InChI is InChI=1S/C15H33BN4O4S/c1-6-15(18)11-20(10-12(15)8-7-9-16(21)22)25(23,24)19-14(4,5)13(2,3)17/h6,12,19,21-22H,1,7-11,17-18H2,2-5H3/t12-,15-/m0/s1. The van der Waals surface area contributed by atoms with Gasteiger partial charge in [-0.1, -0.05) is 12.5 Å². The van der Waals surface area contributed by atoms with Crippen LogP contribution in [0.5, 0.6) is 0 Å². The van der Waals surface area contributed by atoms with Crippen molar-refractivity contribution in [3.63, 3.8) is 0 Å². The van der Waals surface area contributed by atoms with Crippen molar-refractivity contribution in [1.29, 1.82) is 0 Å². The first-order valence-corrected chi connectivity index (χ1v) is 9.95. The molecule has 0 aromatic heterocycles. The molecule has 0 spiro atoms. The molecule has 1 aliphatic rings. The van der Waals surface area contributed by atoms with Gasteiger partial charge in [0.05, 0.1) is 5.54 Å². The maximum Gasteiger partial charge on any atom is 0.451 e. The number of nitrogens with two attached hydrogens (primary N) is 2. The summed E-state index contributed by atoms with van der Waals surface area (Å²) in [5, 5.41) is 17.9. The van der Waals surface area contributed by atoms with Crippen molar-refractivity contribution in [1.82, 2.24) is 9.03 Å². The van der Waals surface area contributed by atoms with Gasteiger partial charge in [-0.25, -0.2) is 0 Å². The fraction of sp³-hybridized carbons (Fsp3) is 0.867. The molecule has 1 saturated heterocycles. The van der Waals surface area contributed by atoms with Crippen LogP contribution in [0.3, 0.4) is 0 Å². The Labute approximate surface area is 152 Å². The molecule has 7 N–H and O–H groups in total. The molecule has 0 bridgehead atoms. The molecule has 0 unspecified atom stereocenters. The lowest BCUT2D eigenvalue weighted by Gasteiger charge is -2.39. The van der Waals surface area contributed by atoms with Crippen LogP contribution >= 0.6 is 0 Å². The lowest BCUT2D eigenvalue weighted by atomic mass is 9.78. The van der Waals surface area contributed by atoms with E-state index < -0.39 is 33.9 Å². The molecule has 2 atom stereocenters. The van der Waals surface area contributed by atoms with Gasteiger partial charge in [-0.05, 0) is 46.4 Å². The van der Waals surface area contributed by atoms with Crippen LogP contribution in [0.25, 0.3) is 0 Å². The lowest BCUT2D eigenvalue weighted by Crippen LogP contribution is -2.64. The van der Waals surface area contributed by atoms with Gasteiger partial charge in [0.15, 0.2) is 0 Å². The largest absolute Gasteiger partial charge is 0.451 e. The van der Waals surface area contributed by atoms with Gasteiger partial charge in [0.2, 0.25) is 0 Å². The quantitative estimate of drug-likeness (QED) is 0.269. The van der Waals surface area contributed by atoms with Gasteiger partial charge in [-0.2, -0.15) is 17.4 Å². The predicted octanol–water partition coefficient (Wildman–Crippen LogP) is -0.595. The summed E-state index contributed by atoms with van der Waals surface area (Å²) in [6.07, 6.45) is 2.93. The van der Waals surface area contributed by atoms with E-state index in [2.05, 4.69) is 11.3 Å². The van der Waals surface area contributed by atoms with Crippen LogP contribution in [-0.4, -0.2) is 59.6 Å². The number of hydrogen-bond donors (Lipinski definition) is 5. The predicted molar refractivity (Wildman–Crippen MR) is 101 cm³/mol. The van der Waals surface area contributed by atoms with Crippen LogP contribution in [0, 0.1) is 5.92 Å². The molecule has 0 aromatic carbocycles. The molecule has 146 valence electrons. The van der Waals surface area contributed by atoms with E-state index in [0.29, 0.717) is 12.8 Å². The number of hydrogen-bond acceptors (Lipinski definition) is 6. The summed E-state index contributed by atoms with van der Waals surface area (Å²) in [5.41, 5.74) is 9.98. The van der Waals surface area contributed by atoms with Crippen molar-refractivity contribution < 1.29 is 18.5 Å². The van der Waals surface area contributed by atoms with E-state index in [9.17, 15) is 8.42 Å². The fourth-order valence-electron chi connectivity index (χ4n) is 2.75. The first-order chi connectivity index (χ1) is 11.1. The zero-order chi connectivity index (χ0) is 19.7. The highest BCUT2D eigenvalue weighted by atomic mass is 32.2. The van der Waals surface area contributed by atoms with E-state index in [1.54, 1.807) is 33.8 Å². The summed E-state index contributed by atoms with van der Waals surface area (Å²) in [7, 11) is -5.15. The second-order valence-electron chi connectivity index (χ2n) is 8.17. The average Bonchev–Trinajstić information content (AvgIpc) is 2.75. The Bertz CT molecular complexity index is 577. The van der Waals surface area contributed by atoms with Crippen molar-refractivity contribution in [2.24, 2.45) is 17.4 Å². The smallest absolute Gasteiger partial charge is 0.427 e. The van der Waals surface area contributed by atoms with E-state index in [4.69, 9.17) is 21.5 Å². The second-order valence-corrected chi connectivity index (χ2v) is 9.84. The molecule has 8 nitrogen and oxygen atoms in total. The molecule has 0 radical (unpaired) electrons. The van der Waals surface area contributed by atoms with Crippen molar-refractivity contribution in [2.75, 3.05) is 13.1 Å². The van der Waals surface area contributed by atoms with Crippen LogP contribution in [-0.2, 0) is 10.2 Å². The van der Waals surface area contributed by atoms with Gasteiger partial charge >= 0.3 is 7.12 Å². The summed E-state index contributed by atoms with van der Waals surface area (Å²) >= 11 is 0. The average molecular weight is 376 g/mol. The topological polar surface area (TPSA) is 142 Å². The highest BCUT2D eigenvalue weighted by Gasteiger charge is 2.47. The Kier molecular flexibility index (Phi) is 6.89. The molecule has 1 fully saturated rings. The first kappa shape index (κ1) is 22.6. The monoisotopic (exact) mass is 376 g/mol. The Morgan fingerprint density at radius 1 is 1.40 bits per heavy atom. The SMILES string of the molecule is C=C[C@]1(N)CN(S(=O)(=O)NC(C)(C)C(C)(C)N)C[C@@H]1CCCB(O)O. The van der Waals surface area contributed by atoms with Gasteiger partial charge in [-0.15, -0.1) is 6.58 Å². The highest BCUT2D eigenvalue weighted by molar-refractivity contribution is 7.87. The van der Waals surface area contributed by atoms with E-state index >= 15 is 0 Å². The maximum absolute atomic E-state index is 12.8. The summed E-state index contributed by atoms with van der Waals surface area (Å²) in [4.78, 5) is 0. The van der Waals surface area contributed by atoms with Crippen molar-refractivity contribution in [2.45, 2.75) is 63.5 Å². The summed E-state index contributed by atoms with van der Waals surface area (Å²) in [6.45, 7) is 11.1. The van der Waals surface area contributed by atoms with E-state index in [-0.39, 0.29) is 25.3 Å². The lowest BCUT2D eigenvalue weighted by molar-refractivity contribution is 0.273. The summed E-state index contributed by atoms with van der Waals surface area (Å²) < 4.78 is 29.6. The molecular formula is C15H33BN4O4S. The molecule has 25 heavy (non-hydrogen) atoms. The Morgan fingerprint density at radius 3 is 2.40 bits per heavy atom. The summed E-state index contributed by atoms with van der Waals surface area (Å²) in [5.74, 6) is -0.144. The number of rotatable bonds is 9. The van der Waals surface area contributed by atoms with E-state index in [1.165, 1.54) is 4.31 Å². The van der Waals surface area contributed by atoms with Crippen LogP contribution in [0.2, 0.25) is 6.32 Å². The number of nitrogens with zero attached hydrogens (tertiary/aromatic N) is 1. The molecule has 1 rings (SSSR count). The van der Waals surface area contributed by atoms with Crippen molar-refractivity contribution in [3.05, 3.63) is 12.7 Å². The van der Waals surface area contributed by atoms with Crippen LogP contribution in [0.1, 0.15) is 40.5 Å². The second kappa shape index (κ2) is 7.63. The Balaban J connectivity index is 2.90. The van der Waals surface area contributed by atoms with Gasteiger partial charge in [0.25, 0.3) is 10.2 Å². The molecule has 0 saturated carbocycles. The molecule has 1 aliphatic heterocycles. The molecule has 0 aliphatic carbocycles. The Morgan fingerprint density at radius 2 is 1.96 bits per heavy atom. The van der Waals surface area contributed by atoms with Crippen LogP contribution in [0.15, 0.2) is 12.7 Å². The van der Waals surface area contributed by atoms with Gasteiger partial charge < -0.3 is 21.5 Å². The molecule has 1 heterocycles. The van der Waals surface area contributed by atoms with Crippen LogP contribution < -0.4 is 16.2 Å². The summed E-state index contributed by atoms with van der Waals surface area (Å²) in [6, 6.07) is 0. The third-order valence-corrected chi connectivity index (χ3v) is 7.09. The van der Waals surface area contributed by atoms with E-state index in [0.717, 1.165) is 0 Å². The van der Waals surface area contributed by atoms with Crippen molar-refractivity contribution in [3.8, 4) is 0 Å². The minimum Gasteiger partial charge on any atom is -0.427 e.